The number of piperazine rings is 1. The molecule has 6 bridgehead atoms. The highest BCUT2D eigenvalue weighted by Gasteiger charge is 2.59. The van der Waals surface area contributed by atoms with E-state index < -0.39 is 54.4 Å². The number of amides is 3. The summed E-state index contributed by atoms with van der Waals surface area (Å²) in [6, 6.07) is 6.14. The third-order valence-electron chi connectivity index (χ3n) is 20.5. The molecule has 9 atom stereocenters. The molecule has 3 aromatic rings. The SMILES string of the molecule is CO[C@@H](C)c1ncc(N2CCN(C3CC3)CC2)cc1-c1c2c3cc(ccc3n1CC(F)(F)F)N1CCO[C@@H](C[C@H](NC(=O)[C@H](C3=CCCC3)N3CC[C@]4(CCN(C(=O)[C@H]5[C@@H](C6CC6)N5C)C4)C3)C(=O)N3CCC[C@H](N3)C(=O)OCC(C)(C)C2)C1. The van der Waals surface area contributed by atoms with E-state index in [1.165, 1.54) is 35.3 Å². The summed E-state index contributed by atoms with van der Waals surface area (Å²) in [5.41, 5.74) is 7.55. The number of aromatic nitrogens is 2. The van der Waals surface area contributed by atoms with Gasteiger partial charge in [0.1, 0.15) is 30.7 Å². The number of esters is 1. The summed E-state index contributed by atoms with van der Waals surface area (Å²) in [5, 5.41) is 5.41. The Labute approximate surface area is 491 Å². The van der Waals surface area contributed by atoms with E-state index in [2.05, 4.69) is 53.3 Å². The number of anilines is 2. The molecule has 2 saturated carbocycles. The number of cyclic esters (lactones) is 1. The Balaban J connectivity index is 0.825. The highest BCUT2D eigenvalue weighted by molar-refractivity contribution is 5.95. The molecule has 1 spiro atoms. The maximum absolute atomic E-state index is 15.3. The number of likely N-dealkylation sites (N-methyl/N-ethyl adjacent to an activating group) is 1. The molecule has 2 aromatic heterocycles. The van der Waals surface area contributed by atoms with Crippen LogP contribution in [0.5, 0.6) is 0 Å². The number of carbonyl (C=O) groups is 4. The minimum absolute atomic E-state index is 0.0198. The number of halogens is 3. The average molecular weight is 1170 g/mol. The maximum atomic E-state index is 15.3. The summed E-state index contributed by atoms with van der Waals surface area (Å²) >= 11 is 0. The van der Waals surface area contributed by atoms with Crippen molar-refractivity contribution in [3.63, 3.8) is 0 Å². The van der Waals surface area contributed by atoms with E-state index >= 15 is 22.8 Å². The molecule has 3 aliphatic carbocycles. The Morgan fingerprint density at radius 2 is 1.74 bits per heavy atom. The Hall–Kier alpha value is -5.32. The molecule has 2 N–H and O–H groups in total. The van der Waals surface area contributed by atoms with E-state index in [-0.39, 0.29) is 48.6 Å². The number of hydrogen-bond donors (Lipinski definition) is 2. The summed E-state index contributed by atoms with van der Waals surface area (Å²) in [4.78, 5) is 77.3. The number of hydrogen-bond acceptors (Lipinski definition) is 14. The van der Waals surface area contributed by atoms with Crippen molar-refractivity contribution in [3.05, 3.63) is 53.4 Å². The van der Waals surface area contributed by atoms with Gasteiger partial charge in [-0.3, -0.25) is 43.9 Å². The Morgan fingerprint density at radius 1 is 0.940 bits per heavy atom. The van der Waals surface area contributed by atoms with Crippen molar-refractivity contribution in [3.8, 4) is 11.3 Å². The zero-order chi connectivity index (χ0) is 58.4. The predicted octanol–water partition coefficient (Wildman–Crippen LogP) is 6.45. The first-order valence-corrected chi connectivity index (χ1v) is 31.4. The van der Waals surface area contributed by atoms with Crippen LogP contribution >= 0.6 is 0 Å². The van der Waals surface area contributed by atoms with Gasteiger partial charge in [-0.05, 0) is 139 Å². The highest BCUT2D eigenvalue weighted by Crippen LogP contribution is 2.49. The number of alkyl halides is 3. The van der Waals surface area contributed by atoms with Gasteiger partial charge in [0.25, 0.3) is 5.91 Å². The van der Waals surface area contributed by atoms with Gasteiger partial charge < -0.3 is 38.8 Å². The van der Waals surface area contributed by atoms with E-state index in [9.17, 15) is 9.59 Å². The van der Waals surface area contributed by atoms with Crippen molar-refractivity contribution in [2.45, 2.75) is 165 Å². The van der Waals surface area contributed by atoms with Crippen LogP contribution in [0.4, 0.5) is 24.5 Å². The van der Waals surface area contributed by atoms with Crippen LogP contribution in [-0.2, 0) is 46.4 Å². The normalized spacial score (nSPS) is 30.6. The van der Waals surface area contributed by atoms with Crippen LogP contribution in [-0.4, -0.2) is 206 Å². The largest absolute Gasteiger partial charge is 0.464 e. The number of fused-ring (bicyclic) bond motifs is 6. The zero-order valence-electron chi connectivity index (χ0n) is 49.8. The number of ether oxygens (including phenoxy) is 3. The molecule has 21 heteroatoms. The van der Waals surface area contributed by atoms with Crippen molar-refractivity contribution in [2.24, 2.45) is 16.7 Å². The third-order valence-corrected chi connectivity index (χ3v) is 20.5. The number of morpholine rings is 1. The van der Waals surface area contributed by atoms with Gasteiger partial charge in [0.15, 0.2) is 0 Å². The van der Waals surface area contributed by atoms with Crippen molar-refractivity contribution in [1.29, 1.82) is 0 Å². The quantitative estimate of drug-likeness (QED) is 0.116. The standard InChI is InChI=1S/C63H86F3N11O7/c1-39(82-5)52-47(30-44(33-67-52)72-25-23-71(24-26-72)42-14-15-42)55-48-32-61(2,3)38-84-60(81)49-11-8-20-77(69-49)58(79)50(31-45-34-73(27-28-83-45)43-16-17-51(46(48)29-43)76(55)37-63(64,65)66)68-57(78)54(40-9-6-7-10-40)74-21-18-62(35-74)19-22-75(36-62)59(80)56-53(70(56)4)41-12-13-41/h9,16-17,29-30,33,39,41-42,45,49-50,53-54,56,69H,6-8,10-15,18-28,31-32,34-38H2,1-5H3,(H,68,78)/t39-,45-,49-,50-,53+,54-,56+,62-,70?/m0/s1. The van der Waals surface area contributed by atoms with Crippen LogP contribution in [0.2, 0.25) is 0 Å². The fourth-order valence-electron chi connectivity index (χ4n) is 15.6. The fourth-order valence-corrected chi connectivity index (χ4v) is 15.6. The molecule has 18 nitrogen and oxygen atoms in total. The Morgan fingerprint density at radius 3 is 2.48 bits per heavy atom. The lowest BCUT2D eigenvalue weighted by Gasteiger charge is -2.39. The number of nitrogens with one attached hydrogen (secondary N) is 2. The molecule has 1 aromatic carbocycles. The molecule has 10 aliphatic rings. The van der Waals surface area contributed by atoms with Gasteiger partial charge in [-0.2, -0.15) is 13.2 Å². The first-order valence-electron chi connectivity index (χ1n) is 31.4. The van der Waals surface area contributed by atoms with Gasteiger partial charge in [0.05, 0.1) is 48.7 Å². The summed E-state index contributed by atoms with van der Waals surface area (Å²) in [7, 11) is 3.65. The summed E-state index contributed by atoms with van der Waals surface area (Å²) in [6.07, 6.45) is 8.80. The molecule has 3 amide bonds. The molecule has 13 rings (SSSR count). The Kier molecular flexibility index (Phi) is 15.6. The van der Waals surface area contributed by atoms with Crippen LogP contribution in [0.25, 0.3) is 22.2 Å². The molecule has 0 radical (unpaired) electrons. The number of benzene rings is 1. The lowest BCUT2D eigenvalue weighted by Crippen LogP contribution is -2.62. The zero-order valence-corrected chi connectivity index (χ0v) is 49.8. The second-order valence-electron chi connectivity index (χ2n) is 27.2. The molecule has 6 saturated heterocycles. The lowest BCUT2D eigenvalue weighted by molar-refractivity contribution is -0.156. The van der Waals surface area contributed by atoms with Gasteiger partial charge in [0, 0.05) is 124 Å². The number of methoxy groups -OCH3 is 1. The monoisotopic (exact) mass is 1170 g/mol. The van der Waals surface area contributed by atoms with Crippen LogP contribution in [0.15, 0.2) is 42.1 Å². The summed E-state index contributed by atoms with van der Waals surface area (Å²) < 4.78 is 65.8. The van der Waals surface area contributed by atoms with Gasteiger partial charge >= 0.3 is 12.1 Å². The lowest BCUT2D eigenvalue weighted by atomic mass is 9.84. The molecule has 7 aliphatic heterocycles. The molecule has 8 fully saturated rings. The second kappa shape index (κ2) is 22.8. The first-order chi connectivity index (χ1) is 40.3. The summed E-state index contributed by atoms with van der Waals surface area (Å²) in [5.74, 6) is -0.282. The minimum atomic E-state index is -4.59. The molecule has 84 heavy (non-hydrogen) atoms. The van der Waals surface area contributed by atoms with E-state index in [1.54, 1.807) is 13.2 Å². The van der Waals surface area contributed by atoms with Crippen molar-refractivity contribution in [2.75, 3.05) is 109 Å². The maximum Gasteiger partial charge on any atom is 0.406 e. The molecular weight excluding hydrogens is 1080 g/mol. The third kappa shape index (κ3) is 11.7. The number of nitrogens with zero attached hydrogens (tertiary/aromatic N) is 9. The van der Waals surface area contributed by atoms with Crippen LogP contribution in [0.1, 0.15) is 115 Å². The highest BCUT2D eigenvalue weighted by atomic mass is 19.4. The van der Waals surface area contributed by atoms with E-state index in [0.29, 0.717) is 110 Å². The molecular formula is C63H86F3N11O7. The molecule has 456 valence electrons. The Bertz CT molecular complexity index is 3050. The number of carbonyl (C=O) groups excluding carboxylic acids is 4. The van der Waals surface area contributed by atoms with Gasteiger partial charge in [-0.1, -0.05) is 19.9 Å². The van der Waals surface area contributed by atoms with Crippen molar-refractivity contribution in [1.82, 2.24) is 44.9 Å². The van der Waals surface area contributed by atoms with E-state index in [4.69, 9.17) is 19.2 Å². The van der Waals surface area contributed by atoms with E-state index in [0.717, 1.165) is 81.8 Å². The molecule has 1 unspecified atom stereocenters. The summed E-state index contributed by atoms with van der Waals surface area (Å²) in [6.45, 7) is 12.1. The average Bonchev–Trinajstić information content (AvgIpc) is 1.82. The van der Waals surface area contributed by atoms with Crippen molar-refractivity contribution >= 4 is 46.0 Å². The smallest absolute Gasteiger partial charge is 0.406 e. The predicted molar refractivity (Wildman–Crippen MR) is 312 cm³/mol. The van der Waals surface area contributed by atoms with Crippen LogP contribution < -0.4 is 20.5 Å². The van der Waals surface area contributed by atoms with Crippen molar-refractivity contribution < 1.29 is 46.6 Å². The number of likely N-dealkylation sites (tertiary alicyclic amines) is 2. The van der Waals surface area contributed by atoms with E-state index in [1.807, 2.05) is 45.2 Å². The van der Waals surface area contributed by atoms with Crippen LogP contribution in [0, 0.1) is 16.7 Å². The molecule has 9 heterocycles. The first kappa shape index (κ1) is 57.7. The minimum Gasteiger partial charge on any atom is -0.464 e. The fraction of sp³-hybridized carbons (Fsp3) is 0.698. The number of hydrazine groups is 1. The number of allylic oxidation sites excluding steroid dienone is 1. The van der Waals surface area contributed by atoms with Gasteiger partial charge in [0.2, 0.25) is 11.8 Å². The number of rotatable bonds is 12. The van der Waals surface area contributed by atoms with Gasteiger partial charge in [-0.25, -0.2) is 5.43 Å². The van der Waals surface area contributed by atoms with Gasteiger partial charge in [-0.15, -0.1) is 0 Å². The second-order valence-corrected chi connectivity index (χ2v) is 27.2. The van der Waals surface area contributed by atoms with Crippen LogP contribution in [0.3, 0.4) is 0 Å². The number of pyridine rings is 1. The topological polar surface area (TPSA) is 160 Å².